The molecule has 1 aliphatic carbocycles. The zero-order chi connectivity index (χ0) is 14.8. The van der Waals surface area contributed by atoms with Crippen LogP contribution in [0.25, 0.3) is 0 Å². The van der Waals surface area contributed by atoms with Crippen molar-refractivity contribution >= 4 is 17.8 Å². The highest BCUT2D eigenvalue weighted by Gasteiger charge is 2.44. The second kappa shape index (κ2) is 5.94. The molecule has 1 saturated carbocycles. The Balaban J connectivity index is 1.98. The van der Waals surface area contributed by atoms with Crippen molar-refractivity contribution in [3.05, 3.63) is 0 Å². The number of amides is 2. The number of rotatable bonds is 4. The molecule has 0 aromatic heterocycles. The van der Waals surface area contributed by atoms with Gasteiger partial charge in [-0.1, -0.05) is 26.2 Å². The third kappa shape index (κ3) is 3.38. The zero-order valence-corrected chi connectivity index (χ0v) is 12.1. The molecule has 112 valence electrons. The minimum atomic E-state index is -0.891. The van der Waals surface area contributed by atoms with E-state index < -0.39 is 5.97 Å². The lowest BCUT2D eigenvalue weighted by molar-refractivity contribution is -0.156. The van der Waals surface area contributed by atoms with Crippen LogP contribution in [0.15, 0.2) is 0 Å². The lowest BCUT2D eigenvalue weighted by atomic mass is 9.67. The van der Waals surface area contributed by atoms with Gasteiger partial charge in [0.25, 0.3) is 0 Å². The summed E-state index contributed by atoms with van der Waals surface area (Å²) in [5, 5.41) is 8.76. The number of hydrogen-bond acceptors (Lipinski definition) is 3. The molecule has 5 nitrogen and oxygen atoms in total. The van der Waals surface area contributed by atoms with Gasteiger partial charge in [0, 0.05) is 25.8 Å². The highest BCUT2D eigenvalue weighted by atomic mass is 16.4. The van der Waals surface area contributed by atoms with Gasteiger partial charge in [0.2, 0.25) is 11.8 Å². The van der Waals surface area contributed by atoms with E-state index in [9.17, 15) is 14.4 Å². The molecule has 1 atom stereocenters. The van der Waals surface area contributed by atoms with Gasteiger partial charge in [0.15, 0.2) is 0 Å². The smallest absolute Gasteiger partial charge is 0.303 e. The van der Waals surface area contributed by atoms with Crippen LogP contribution < -0.4 is 0 Å². The average Bonchev–Trinajstić information content (AvgIpc) is 2.34. The maximum atomic E-state index is 12.3. The van der Waals surface area contributed by atoms with Gasteiger partial charge < -0.3 is 5.11 Å². The molecule has 1 unspecified atom stereocenters. The molecule has 0 aromatic carbocycles. The summed E-state index contributed by atoms with van der Waals surface area (Å²) in [4.78, 5) is 36.5. The quantitative estimate of drug-likeness (QED) is 0.802. The Morgan fingerprint density at radius 1 is 1.20 bits per heavy atom. The van der Waals surface area contributed by atoms with E-state index in [2.05, 4.69) is 0 Å². The standard InChI is InChI=1S/C15H23NO4/c1-11(7-14(19)20)10-16-12(17)8-15(9-13(16)18)5-3-2-4-6-15/h11H,2-10H2,1H3,(H,19,20). The zero-order valence-electron chi connectivity index (χ0n) is 12.1. The fourth-order valence-corrected chi connectivity index (χ4v) is 3.57. The average molecular weight is 281 g/mol. The molecule has 20 heavy (non-hydrogen) atoms. The van der Waals surface area contributed by atoms with Crippen LogP contribution in [-0.2, 0) is 14.4 Å². The minimum absolute atomic E-state index is 0.0117. The third-order valence-corrected chi connectivity index (χ3v) is 4.59. The van der Waals surface area contributed by atoms with Gasteiger partial charge in [-0.2, -0.15) is 0 Å². The number of imide groups is 1. The van der Waals surface area contributed by atoms with E-state index in [1.54, 1.807) is 6.92 Å². The number of aliphatic carboxylic acids is 1. The third-order valence-electron chi connectivity index (χ3n) is 4.59. The molecule has 2 amide bonds. The van der Waals surface area contributed by atoms with Crippen LogP contribution in [0.4, 0.5) is 0 Å². The summed E-state index contributed by atoms with van der Waals surface area (Å²) < 4.78 is 0. The van der Waals surface area contributed by atoms with Gasteiger partial charge >= 0.3 is 5.97 Å². The van der Waals surface area contributed by atoms with E-state index in [0.29, 0.717) is 12.8 Å². The van der Waals surface area contributed by atoms with Crippen molar-refractivity contribution in [3.8, 4) is 0 Å². The van der Waals surface area contributed by atoms with Crippen molar-refractivity contribution in [2.75, 3.05) is 6.54 Å². The largest absolute Gasteiger partial charge is 0.481 e. The molecule has 1 saturated heterocycles. The van der Waals surface area contributed by atoms with Gasteiger partial charge in [-0.25, -0.2) is 0 Å². The molecule has 5 heteroatoms. The molecule has 0 aromatic rings. The Labute approximate surface area is 119 Å². The van der Waals surface area contributed by atoms with Crippen molar-refractivity contribution < 1.29 is 19.5 Å². The first-order valence-electron chi connectivity index (χ1n) is 7.47. The topological polar surface area (TPSA) is 74.7 Å². The van der Waals surface area contributed by atoms with E-state index in [4.69, 9.17) is 5.11 Å². The molecule has 1 N–H and O–H groups in total. The van der Waals surface area contributed by atoms with E-state index in [1.165, 1.54) is 11.3 Å². The van der Waals surface area contributed by atoms with Crippen molar-refractivity contribution in [2.24, 2.45) is 11.3 Å². The molecule has 1 spiro atoms. The maximum Gasteiger partial charge on any atom is 0.303 e. The van der Waals surface area contributed by atoms with Crippen molar-refractivity contribution in [1.82, 2.24) is 4.90 Å². The Bertz CT molecular complexity index is 392. The highest BCUT2D eigenvalue weighted by molar-refractivity contribution is 5.98. The predicted molar refractivity (Wildman–Crippen MR) is 72.9 cm³/mol. The number of carboxylic acid groups (broad SMARTS) is 1. The van der Waals surface area contributed by atoms with Gasteiger partial charge in [0.05, 0.1) is 0 Å². The first-order chi connectivity index (χ1) is 9.42. The van der Waals surface area contributed by atoms with Gasteiger partial charge in [-0.15, -0.1) is 0 Å². The summed E-state index contributed by atoms with van der Waals surface area (Å²) in [7, 11) is 0. The molecule has 1 heterocycles. The van der Waals surface area contributed by atoms with Gasteiger partial charge in [-0.05, 0) is 24.2 Å². The number of carbonyl (C=O) groups excluding carboxylic acids is 2. The van der Waals surface area contributed by atoms with Crippen molar-refractivity contribution in [1.29, 1.82) is 0 Å². The predicted octanol–water partition coefficient (Wildman–Crippen LogP) is 2.20. The molecule has 0 bridgehead atoms. The van der Waals surface area contributed by atoms with E-state index in [0.717, 1.165) is 25.7 Å². The fraction of sp³-hybridized carbons (Fsp3) is 0.800. The minimum Gasteiger partial charge on any atom is -0.481 e. The molecular weight excluding hydrogens is 258 g/mol. The van der Waals surface area contributed by atoms with Gasteiger partial charge in [-0.3, -0.25) is 19.3 Å². The number of nitrogens with zero attached hydrogens (tertiary/aromatic N) is 1. The molecule has 2 rings (SSSR count). The Kier molecular flexibility index (Phi) is 4.45. The first kappa shape index (κ1) is 15.0. The van der Waals surface area contributed by atoms with E-state index in [1.807, 2.05) is 0 Å². The second-order valence-corrected chi connectivity index (χ2v) is 6.52. The Morgan fingerprint density at radius 3 is 2.25 bits per heavy atom. The number of likely N-dealkylation sites (tertiary alicyclic amines) is 1. The van der Waals surface area contributed by atoms with Gasteiger partial charge in [0.1, 0.15) is 0 Å². The molecule has 1 aliphatic heterocycles. The summed E-state index contributed by atoms with van der Waals surface area (Å²) >= 11 is 0. The summed E-state index contributed by atoms with van der Waals surface area (Å²) in [5.41, 5.74) is -0.0983. The van der Waals surface area contributed by atoms with Crippen LogP contribution in [0, 0.1) is 11.3 Å². The van der Waals surface area contributed by atoms with Crippen LogP contribution >= 0.6 is 0 Å². The summed E-state index contributed by atoms with van der Waals surface area (Å²) in [6, 6.07) is 0. The van der Waals surface area contributed by atoms with Crippen molar-refractivity contribution in [2.45, 2.75) is 58.3 Å². The van der Waals surface area contributed by atoms with Crippen LogP contribution in [0.2, 0.25) is 0 Å². The number of piperidine rings is 1. The maximum absolute atomic E-state index is 12.3. The first-order valence-corrected chi connectivity index (χ1v) is 7.47. The molecule has 2 fully saturated rings. The van der Waals surface area contributed by atoms with E-state index in [-0.39, 0.29) is 36.1 Å². The summed E-state index contributed by atoms with van der Waals surface area (Å²) in [5.74, 6) is -1.31. The lowest BCUT2D eigenvalue weighted by Gasteiger charge is -2.42. The molecular formula is C15H23NO4. The van der Waals surface area contributed by atoms with E-state index >= 15 is 0 Å². The lowest BCUT2D eigenvalue weighted by Crippen LogP contribution is -2.50. The summed E-state index contributed by atoms with van der Waals surface area (Å²) in [6.45, 7) is 2.00. The number of hydrogen-bond donors (Lipinski definition) is 1. The fourth-order valence-electron chi connectivity index (χ4n) is 3.57. The Morgan fingerprint density at radius 2 is 1.75 bits per heavy atom. The van der Waals surface area contributed by atoms with Crippen LogP contribution in [0.1, 0.15) is 58.3 Å². The normalized spacial score (nSPS) is 23.9. The highest BCUT2D eigenvalue weighted by Crippen LogP contribution is 2.45. The number of carbonyl (C=O) groups is 3. The molecule has 2 aliphatic rings. The van der Waals surface area contributed by atoms with Crippen LogP contribution in [0.5, 0.6) is 0 Å². The Hall–Kier alpha value is -1.39. The van der Waals surface area contributed by atoms with Crippen LogP contribution in [0.3, 0.4) is 0 Å². The van der Waals surface area contributed by atoms with Crippen LogP contribution in [-0.4, -0.2) is 34.3 Å². The second-order valence-electron chi connectivity index (χ2n) is 6.52. The monoisotopic (exact) mass is 281 g/mol. The molecule has 0 radical (unpaired) electrons. The summed E-state index contributed by atoms with van der Waals surface area (Å²) in [6.07, 6.45) is 6.26. The SMILES string of the molecule is CC(CC(=O)O)CN1C(=O)CC2(CCCCC2)CC1=O. The number of carboxylic acids is 1. The van der Waals surface area contributed by atoms with Crippen molar-refractivity contribution in [3.63, 3.8) is 0 Å².